The van der Waals surface area contributed by atoms with Gasteiger partial charge >= 0.3 is 5.97 Å². The standard InChI is InChI=1S/C58H69N3O27S5/c1-5-59-44-11-9-38-40(30-36(90(70,71)72)32-46(38)92(76,77)78)53(44)57(2,15-7-29-89(67,68)69)48(59)34-42-55(65)43(56(42)66)35-49-58(3,16-18-83-21-22-85-25-26-87-28-27-86-24-23-84-20-19-82-4)54-41-31-37(91(73,74)75)33-47(93(79,80)81)39(41)10-12-45(54)60(49)17-6-8-52(64)88-61-50(62)13-14-51(61)63/h9-12,30-35H,5-8,13-29H2,1-4H3,(H5-,65,66,67,68,69,70,71,72,73,74,75,76,77,78,79,80,81). The van der Waals surface area contributed by atoms with E-state index in [0.29, 0.717) is 50.2 Å². The zero-order valence-corrected chi connectivity index (χ0v) is 54.8. The second-order valence-electron chi connectivity index (χ2n) is 22.3. The number of hydrogen-bond acceptors (Lipinski definition) is 24. The summed E-state index contributed by atoms with van der Waals surface area (Å²) in [5.74, 6) is -4.83. The Morgan fingerprint density at radius 1 is 0.634 bits per heavy atom. The fourth-order valence-electron chi connectivity index (χ4n) is 11.9. The minimum atomic E-state index is -5.52. The van der Waals surface area contributed by atoms with E-state index in [9.17, 15) is 89.1 Å². The van der Waals surface area contributed by atoms with Crippen LogP contribution in [0.25, 0.3) is 21.5 Å². The third kappa shape index (κ3) is 16.1. The number of carbonyl (C=O) groups is 4. The van der Waals surface area contributed by atoms with Gasteiger partial charge in [-0.1, -0.05) is 6.07 Å². The van der Waals surface area contributed by atoms with E-state index < -0.39 is 123 Å². The lowest BCUT2D eigenvalue weighted by Crippen LogP contribution is -2.35. The summed E-state index contributed by atoms with van der Waals surface area (Å²) in [6, 6.07) is 8.23. The molecule has 2 amide bonds. The number of hydroxylamine groups is 2. The van der Waals surface area contributed by atoms with Gasteiger partial charge in [-0.3, -0.25) is 32.6 Å². The third-order valence-corrected chi connectivity index (χ3v) is 20.5. The van der Waals surface area contributed by atoms with E-state index in [2.05, 4.69) is 0 Å². The highest BCUT2D eigenvalue weighted by Crippen LogP contribution is 2.55. The molecule has 0 saturated carbocycles. The summed E-state index contributed by atoms with van der Waals surface area (Å²) in [7, 11) is -24.3. The SMILES string of the molecule is CCN1C(=CC2=C(O)C(=CC3=[N+](CCCC(=O)ON4C(=O)CCC4=O)c4ccc5c(S(=O)(=O)[O-])cc(S(=O)(=O)O)cc5c4C3(C)CCOCCOCCOCCOCCOCCOC)C2=O)C(C)(CCCS(=O)(=O)O)c2c1ccc1c(S(=O)(=O)O)cc(S(=O)(=O)O)cc21. The van der Waals surface area contributed by atoms with Crippen LogP contribution in [-0.4, -0.2) is 208 Å². The van der Waals surface area contributed by atoms with Gasteiger partial charge in [0.1, 0.15) is 27.3 Å². The number of aliphatic hydroxyl groups excluding tert-OH is 1. The zero-order valence-electron chi connectivity index (χ0n) is 50.7. The number of ether oxygens (including phenoxy) is 6. The molecule has 3 aliphatic heterocycles. The van der Waals surface area contributed by atoms with Gasteiger partial charge in [0.15, 0.2) is 5.71 Å². The predicted molar refractivity (Wildman–Crippen MR) is 326 cm³/mol. The Kier molecular flexibility index (Phi) is 22.4. The number of anilines is 1. The maximum atomic E-state index is 15.0. The van der Waals surface area contributed by atoms with Crippen molar-refractivity contribution in [3.63, 3.8) is 0 Å². The lowest BCUT2D eigenvalue weighted by atomic mass is 9.72. The molecule has 2 atom stereocenters. The summed E-state index contributed by atoms with van der Waals surface area (Å²) in [5, 5.41) is 11.8. The van der Waals surface area contributed by atoms with Crippen molar-refractivity contribution in [1.82, 2.24) is 5.06 Å². The van der Waals surface area contributed by atoms with Crippen LogP contribution in [0.3, 0.4) is 0 Å². The quantitative estimate of drug-likeness (QED) is 0.0144. The predicted octanol–water partition coefficient (Wildman–Crippen LogP) is 4.17. The van der Waals surface area contributed by atoms with Gasteiger partial charge in [-0.05, 0) is 98.8 Å². The van der Waals surface area contributed by atoms with Crippen LogP contribution in [0.15, 0.2) is 103 Å². The van der Waals surface area contributed by atoms with Gasteiger partial charge in [0, 0.05) is 84.8 Å². The molecule has 1 aliphatic carbocycles. The maximum Gasteiger partial charge on any atom is 0.333 e. The lowest BCUT2D eigenvalue weighted by Gasteiger charge is -2.32. The van der Waals surface area contributed by atoms with Gasteiger partial charge < -0.3 is 47.8 Å². The van der Waals surface area contributed by atoms with Gasteiger partial charge in [-0.15, -0.1) is 5.06 Å². The number of fused-ring (bicyclic) bond motifs is 6. The molecule has 35 heteroatoms. The second kappa shape index (κ2) is 28.8. The number of hydrogen-bond donors (Lipinski definition) is 5. The Hall–Kier alpha value is -6.52. The average Bonchev–Trinajstić information content (AvgIpc) is 1.58. The molecule has 2 unspecified atom stereocenters. The molecule has 1 fully saturated rings. The number of carbonyl (C=O) groups excluding carboxylic acids is 4. The minimum Gasteiger partial charge on any atom is -0.744 e. The number of rotatable bonds is 34. The first-order chi connectivity index (χ1) is 43.6. The maximum absolute atomic E-state index is 15.0. The number of Topliss-reactive ketones (excluding diaryl/α,β-unsaturated/α-hetero) is 1. The number of likely N-dealkylation sites (N-methyl/N-ethyl adjacent to an activating group) is 1. The Labute approximate surface area is 536 Å². The Morgan fingerprint density at radius 2 is 1.15 bits per heavy atom. The Balaban J connectivity index is 1.22. The first kappa shape index (κ1) is 72.3. The molecule has 0 bridgehead atoms. The summed E-state index contributed by atoms with van der Waals surface area (Å²) in [5.41, 5.74) is -2.99. The highest BCUT2D eigenvalue weighted by Gasteiger charge is 2.52. The van der Waals surface area contributed by atoms with Gasteiger partial charge in [0.25, 0.3) is 52.3 Å². The molecule has 1 saturated heterocycles. The van der Waals surface area contributed by atoms with Crippen molar-refractivity contribution in [3.8, 4) is 0 Å². The first-order valence-electron chi connectivity index (χ1n) is 28.9. The van der Waals surface area contributed by atoms with Crippen LogP contribution in [0.1, 0.15) is 76.8 Å². The molecular formula is C58H69N3O27S5. The van der Waals surface area contributed by atoms with Crippen LogP contribution in [0, 0.1) is 0 Å². The van der Waals surface area contributed by atoms with Crippen LogP contribution in [-0.2, 0) is 114 Å². The lowest BCUT2D eigenvalue weighted by molar-refractivity contribution is -0.438. The zero-order chi connectivity index (χ0) is 68.2. The first-order valence-corrected chi connectivity index (χ1v) is 36.3. The molecule has 5 N–H and O–H groups in total. The van der Waals surface area contributed by atoms with E-state index in [-0.39, 0.29) is 158 Å². The fourth-order valence-corrected chi connectivity index (χ4v) is 15.1. The van der Waals surface area contributed by atoms with Crippen molar-refractivity contribution in [2.75, 3.05) is 104 Å². The van der Waals surface area contributed by atoms with E-state index >= 15 is 0 Å². The normalized spacial score (nSPS) is 19.7. The van der Waals surface area contributed by atoms with E-state index in [1.165, 1.54) is 36.4 Å². The second-order valence-corrected chi connectivity index (χ2v) is 29.5. The number of allylic oxidation sites excluding steroid dienone is 5. The van der Waals surface area contributed by atoms with Gasteiger partial charge in [0.05, 0.1) is 109 Å². The Morgan fingerprint density at radius 3 is 1.66 bits per heavy atom. The van der Waals surface area contributed by atoms with Crippen molar-refractivity contribution in [2.24, 2.45) is 0 Å². The molecular weight excluding hydrogens is 1330 g/mol. The average molecular weight is 1400 g/mol. The van der Waals surface area contributed by atoms with Crippen molar-refractivity contribution < 1.29 is 127 Å². The van der Waals surface area contributed by atoms with Crippen LogP contribution in [0.2, 0.25) is 0 Å². The molecule has 3 heterocycles. The molecule has 0 aromatic heterocycles. The van der Waals surface area contributed by atoms with Crippen LogP contribution < -0.4 is 4.90 Å². The van der Waals surface area contributed by atoms with Crippen LogP contribution in [0.4, 0.5) is 11.4 Å². The van der Waals surface area contributed by atoms with E-state index in [1.54, 1.807) is 37.4 Å². The van der Waals surface area contributed by atoms with Crippen LogP contribution >= 0.6 is 0 Å². The monoisotopic (exact) mass is 1400 g/mol. The van der Waals surface area contributed by atoms with Gasteiger partial charge in [0.2, 0.25) is 11.5 Å². The molecule has 8 rings (SSSR count). The summed E-state index contributed by atoms with van der Waals surface area (Å²) in [4.78, 5) is 55.8. The number of methoxy groups -OCH3 is 1. The molecule has 4 aliphatic rings. The van der Waals surface area contributed by atoms with Crippen molar-refractivity contribution in [2.45, 2.75) is 96.1 Å². The van der Waals surface area contributed by atoms with E-state index in [0.717, 1.165) is 12.1 Å². The molecule has 508 valence electrons. The summed E-state index contributed by atoms with van der Waals surface area (Å²) in [6.07, 6.45) is 0.874. The Bertz CT molecular complexity index is 4380. The van der Waals surface area contributed by atoms with E-state index in [4.69, 9.17) is 33.3 Å². The smallest absolute Gasteiger partial charge is 0.333 e. The van der Waals surface area contributed by atoms with E-state index in [1.807, 2.05) is 0 Å². The van der Waals surface area contributed by atoms with Crippen molar-refractivity contribution in [1.29, 1.82) is 0 Å². The number of aliphatic hydroxyl groups is 1. The van der Waals surface area contributed by atoms with Crippen molar-refractivity contribution in [3.05, 3.63) is 94.4 Å². The van der Waals surface area contributed by atoms with Crippen LogP contribution in [0.5, 0.6) is 0 Å². The highest BCUT2D eigenvalue weighted by atomic mass is 32.2. The third-order valence-electron chi connectivity index (χ3n) is 16.2. The van der Waals surface area contributed by atoms with Gasteiger partial charge in [-0.25, -0.2) is 13.2 Å². The molecule has 93 heavy (non-hydrogen) atoms. The molecule has 30 nitrogen and oxygen atoms in total. The number of ketones is 1. The fraction of sp³-hybridized carbons (Fsp3) is 0.466. The topological polar surface area (TPSA) is 437 Å². The molecule has 0 spiro atoms. The summed E-state index contributed by atoms with van der Waals surface area (Å²) in [6.45, 7) is 7.06. The largest absolute Gasteiger partial charge is 0.744 e. The number of imide groups is 1. The molecule has 4 aromatic carbocycles. The number of benzene rings is 4. The van der Waals surface area contributed by atoms with Crippen molar-refractivity contribution >= 4 is 113 Å². The summed E-state index contributed by atoms with van der Waals surface area (Å²) < 4.78 is 215. The molecule has 4 aromatic rings. The van der Waals surface area contributed by atoms with Gasteiger partial charge in [-0.2, -0.15) is 38.2 Å². The highest BCUT2D eigenvalue weighted by molar-refractivity contribution is 7.87. The molecule has 0 radical (unpaired) electrons. The summed E-state index contributed by atoms with van der Waals surface area (Å²) >= 11 is 0. The number of amides is 2. The minimum absolute atomic E-state index is 0.0208. The number of nitrogens with zero attached hydrogens (tertiary/aromatic N) is 3.